The maximum Gasteiger partial charge on any atom is 0.325 e. The van der Waals surface area contributed by atoms with E-state index in [0.717, 1.165) is 31.9 Å². The van der Waals surface area contributed by atoms with E-state index in [1.807, 2.05) is 4.98 Å². The van der Waals surface area contributed by atoms with Gasteiger partial charge in [0.25, 0.3) is 11.5 Å². The lowest BCUT2D eigenvalue weighted by Crippen LogP contribution is -2.43. The highest BCUT2D eigenvalue weighted by Gasteiger charge is 2.28. The monoisotopic (exact) mass is 267 g/mol. The van der Waals surface area contributed by atoms with E-state index < -0.39 is 17.2 Å². The zero-order valence-corrected chi connectivity index (χ0v) is 10.5. The largest absolute Gasteiger partial charge is 0.395 e. The Kier molecular flexibility index (Phi) is 4.16. The lowest BCUT2D eigenvalue weighted by Gasteiger charge is -2.28. The van der Waals surface area contributed by atoms with Crippen molar-refractivity contribution in [1.82, 2.24) is 14.9 Å². The van der Waals surface area contributed by atoms with Crippen molar-refractivity contribution in [1.29, 1.82) is 0 Å². The molecule has 0 radical (unpaired) electrons. The van der Waals surface area contributed by atoms with Crippen LogP contribution < -0.4 is 11.2 Å². The number of nitrogens with one attached hydrogen (secondary N) is 2. The van der Waals surface area contributed by atoms with Gasteiger partial charge in [0.15, 0.2) is 0 Å². The van der Waals surface area contributed by atoms with Gasteiger partial charge in [0.1, 0.15) is 5.56 Å². The van der Waals surface area contributed by atoms with Gasteiger partial charge in [0.05, 0.1) is 6.61 Å². The summed E-state index contributed by atoms with van der Waals surface area (Å²) in [6.07, 6.45) is 4.98. The van der Waals surface area contributed by atoms with E-state index in [9.17, 15) is 14.4 Å². The molecule has 0 atom stereocenters. The summed E-state index contributed by atoms with van der Waals surface area (Å²) in [7, 11) is 0. The molecule has 0 aromatic carbocycles. The Labute approximate surface area is 109 Å². The van der Waals surface area contributed by atoms with Crippen LogP contribution in [0.15, 0.2) is 15.8 Å². The Balaban J connectivity index is 2.27. The molecule has 1 aromatic heterocycles. The van der Waals surface area contributed by atoms with Gasteiger partial charge in [-0.25, -0.2) is 4.79 Å². The molecule has 1 heterocycles. The van der Waals surface area contributed by atoms with E-state index in [2.05, 4.69) is 4.98 Å². The fraction of sp³-hybridized carbons (Fsp3) is 0.583. The molecule has 0 unspecified atom stereocenters. The lowest BCUT2D eigenvalue weighted by molar-refractivity contribution is 0.0635. The van der Waals surface area contributed by atoms with Crippen LogP contribution in [0.1, 0.15) is 36.0 Å². The first-order chi connectivity index (χ1) is 9.13. The molecule has 19 heavy (non-hydrogen) atoms. The number of aliphatic hydroxyl groups is 1. The predicted octanol–water partition coefficient (Wildman–Crippen LogP) is -0.560. The molecule has 0 spiro atoms. The van der Waals surface area contributed by atoms with Crippen molar-refractivity contribution in [2.45, 2.75) is 31.7 Å². The van der Waals surface area contributed by atoms with Crippen molar-refractivity contribution in [2.75, 3.05) is 13.2 Å². The van der Waals surface area contributed by atoms with E-state index >= 15 is 0 Å². The third-order valence-corrected chi connectivity index (χ3v) is 3.42. The summed E-state index contributed by atoms with van der Waals surface area (Å²) in [5.41, 5.74) is -1.44. The maximum absolute atomic E-state index is 12.3. The van der Waals surface area contributed by atoms with Gasteiger partial charge >= 0.3 is 5.69 Å². The molecule has 1 aromatic rings. The number of H-pyrrole nitrogens is 2. The molecule has 3 N–H and O–H groups in total. The van der Waals surface area contributed by atoms with Crippen LogP contribution >= 0.6 is 0 Å². The fourth-order valence-electron chi connectivity index (χ4n) is 2.50. The Morgan fingerprint density at radius 3 is 2.63 bits per heavy atom. The van der Waals surface area contributed by atoms with Gasteiger partial charge in [-0.05, 0) is 12.8 Å². The third kappa shape index (κ3) is 2.93. The smallest absolute Gasteiger partial charge is 0.325 e. The lowest BCUT2D eigenvalue weighted by atomic mass is 10.1. The zero-order valence-electron chi connectivity index (χ0n) is 10.5. The number of aromatic amines is 2. The van der Waals surface area contributed by atoms with Crippen molar-refractivity contribution < 1.29 is 9.90 Å². The van der Waals surface area contributed by atoms with Crippen LogP contribution in [0.3, 0.4) is 0 Å². The van der Waals surface area contributed by atoms with E-state index in [0.29, 0.717) is 0 Å². The van der Waals surface area contributed by atoms with Gasteiger partial charge in [-0.2, -0.15) is 0 Å². The highest BCUT2D eigenvalue weighted by molar-refractivity contribution is 5.93. The molecule has 0 aliphatic heterocycles. The number of carbonyl (C=O) groups is 1. The molecular weight excluding hydrogens is 250 g/mol. The molecule has 1 aliphatic rings. The van der Waals surface area contributed by atoms with E-state index in [-0.39, 0.29) is 24.8 Å². The first-order valence-corrected chi connectivity index (χ1v) is 6.37. The second kappa shape index (κ2) is 5.83. The summed E-state index contributed by atoms with van der Waals surface area (Å²) in [5.74, 6) is -0.446. The molecule has 2 rings (SSSR count). The topological polar surface area (TPSA) is 106 Å². The molecule has 0 bridgehead atoms. The van der Waals surface area contributed by atoms with Crippen LogP contribution in [0, 0.1) is 0 Å². The Bertz CT molecular complexity index is 557. The number of hydrogen-bond donors (Lipinski definition) is 3. The van der Waals surface area contributed by atoms with Crippen molar-refractivity contribution >= 4 is 5.91 Å². The standard InChI is InChI=1S/C12H17N3O4/c16-6-5-15(8-3-1-2-4-8)11(18)9-7-13-12(19)14-10(9)17/h7-8,16H,1-6H2,(H2,13,14,17,19). The Hall–Kier alpha value is -1.89. The van der Waals surface area contributed by atoms with E-state index in [4.69, 9.17) is 5.11 Å². The molecule has 1 fully saturated rings. The van der Waals surface area contributed by atoms with E-state index in [1.54, 1.807) is 0 Å². The Morgan fingerprint density at radius 2 is 2.05 bits per heavy atom. The summed E-state index contributed by atoms with van der Waals surface area (Å²) in [6.45, 7) is 0.0472. The quantitative estimate of drug-likeness (QED) is 0.679. The molecule has 0 saturated heterocycles. The number of hydrogen-bond acceptors (Lipinski definition) is 4. The minimum Gasteiger partial charge on any atom is -0.395 e. The van der Waals surface area contributed by atoms with Crippen molar-refractivity contribution in [3.05, 3.63) is 32.6 Å². The van der Waals surface area contributed by atoms with Crippen LogP contribution in [0.5, 0.6) is 0 Å². The van der Waals surface area contributed by atoms with Gasteiger partial charge < -0.3 is 15.0 Å². The average Bonchev–Trinajstić information content (AvgIpc) is 2.89. The first kappa shape index (κ1) is 13.5. The summed E-state index contributed by atoms with van der Waals surface area (Å²) >= 11 is 0. The molecule has 104 valence electrons. The number of rotatable bonds is 4. The van der Waals surface area contributed by atoms with Crippen LogP contribution in [0.2, 0.25) is 0 Å². The summed E-state index contributed by atoms with van der Waals surface area (Å²) < 4.78 is 0. The minimum absolute atomic E-state index is 0.0611. The molecule has 7 nitrogen and oxygen atoms in total. The fourth-order valence-corrected chi connectivity index (χ4v) is 2.50. The summed E-state index contributed by atoms with van der Waals surface area (Å²) in [5, 5.41) is 9.07. The molecule has 1 saturated carbocycles. The second-order valence-electron chi connectivity index (χ2n) is 4.65. The maximum atomic E-state index is 12.3. The van der Waals surface area contributed by atoms with Gasteiger partial charge in [0, 0.05) is 18.8 Å². The van der Waals surface area contributed by atoms with Crippen molar-refractivity contribution in [3.8, 4) is 0 Å². The van der Waals surface area contributed by atoms with Crippen LogP contribution in [0.4, 0.5) is 0 Å². The summed E-state index contributed by atoms with van der Waals surface area (Å²) in [4.78, 5) is 40.7. The highest BCUT2D eigenvalue weighted by atomic mass is 16.3. The average molecular weight is 267 g/mol. The molecule has 1 aliphatic carbocycles. The second-order valence-corrected chi connectivity index (χ2v) is 4.65. The third-order valence-electron chi connectivity index (χ3n) is 3.42. The minimum atomic E-state index is -0.699. The van der Waals surface area contributed by atoms with Gasteiger partial charge in [0.2, 0.25) is 0 Å². The van der Waals surface area contributed by atoms with Crippen molar-refractivity contribution in [2.24, 2.45) is 0 Å². The molecular formula is C12H17N3O4. The number of amides is 1. The van der Waals surface area contributed by atoms with Crippen LogP contribution in [0.25, 0.3) is 0 Å². The van der Waals surface area contributed by atoms with Crippen molar-refractivity contribution in [3.63, 3.8) is 0 Å². The molecule has 1 amide bonds. The molecule has 7 heteroatoms. The zero-order chi connectivity index (χ0) is 13.8. The van der Waals surface area contributed by atoms with Gasteiger partial charge in [-0.15, -0.1) is 0 Å². The van der Waals surface area contributed by atoms with Gasteiger partial charge in [-0.3, -0.25) is 14.6 Å². The van der Waals surface area contributed by atoms with E-state index in [1.165, 1.54) is 4.90 Å². The number of aliphatic hydroxyl groups excluding tert-OH is 1. The van der Waals surface area contributed by atoms with Crippen LogP contribution in [-0.2, 0) is 0 Å². The van der Waals surface area contributed by atoms with Crippen LogP contribution in [-0.4, -0.2) is 45.1 Å². The number of aromatic nitrogens is 2. The first-order valence-electron chi connectivity index (χ1n) is 6.37. The number of carbonyl (C=O) groups excluding carboxylic acids is 1. The number of nitrogens with zero attached hydrogens (tertiary/aromatic N) is 1. The normalized spacial score (nSPS) is 15.6. The Morgan fingerprint density at radius 1 is 1.37 bits per heavy atom. The predicted molar refractivity (Wildman–Crippen MR) is 68.1 cm³/mol. The summed E-state index contributed by atoms with van der Waals surface area (Å²) in [6, 6.07) is 0.0611. The van der Waals surface area contributed by atoms with Gasteiger partial charge in [-0.1, -0.05) is 12.8 Å². The SMILES string of the molecule is O=C(c1c[nH]c(=O)[nH]c1=O)N(CCO)C1CCCC1. The highest BCUT2D eigenvalue weighted by Crippen LogP contribution is 2.24.